The highest BCUT2D eigenvalue weighted by Gasteiger charge is 2.47. The van der Waals surface area contributed by atoms with Crippen molar-refractivity contribution in [3.63, 3.8) is 0 Å². The van der Waals surface area contributed by atoms with Crippen LogP contribution >= 0.6 is 0 Å². The number of halogens is 1. The fourth-order valence-corrected chi connectivity index (χ4v) is 1.78. The summed E-state index contributed by atoms with van der Waals surface area (Å²) in [4.78, 5) is 3.87. The van der Waals surface area contributed by atoms with Crippen LogP contribution in [0.4, 0.5) is 4.39 Å². The number of epoxide rings is 1. The Bertz CT molecular complexity index is 494. The number of hydrogen-bond donors (Lipinski definition) is 0. The highest BCUT2D eigenvalue weighted by atomic mass is 19.1. The molecule has 1 aromatic heterocycles. The molecule has 3 rings (SSSR count). The molecule has 1 atom stereocenters. The SMILES string of the molecule is Fc1cccc(C2(Cn3cncn3)CO2)c1. The molecule has 0 saturated carbocycles. The number of nitrogens with zero attached hydrogens (tertiary/aromatic N) is 3. The second kappa shape index (κ2) is 3.38. The lowest BCUT2D eigenvalue weighted by molar-refractivity contribution is 0.268. The van der Waals surface area contributed by atoms with Crippen LogP contribution < -0.4 is 0 Å². The molecule has 1 aliphatic rings. The minimum Gasteiger partial charge on any atom is -0.362 e. The van der Waals surface area contributed by atoms with E-state index in [4.69, 9.17) is 4.74 Å². The molecule has 2 aromatic rings. The number of aromatic nitrogens is 3. The molecule has 1 unspecified atom stereocenters. The lowest BCUT2D eigenvalue weighted by Gasteiger charge is -2.11. The molecule has 0 radical (unpaired) electrons. The smallest absolute Gasteiger partial charge is 0.137 e. The second-order valence-corrected chi connectivity index (χ2v) is 3.89. The maximum atomic E-state index is 13.1. The van der Waals surface area contributed by atoms with Crippen molar-refractivity contribution >= 4 is 0 Å². The molecule has 0 N–H and O–H groups in total. The summed E-state index contributed by atoms with van der Waals surface area (Å²) in [6, 6.07) is 6.49. The summed E-state index contributed by atoms with van der Waals surface area (Å²) in [5.41, 5.74) is 0.429. The Morgan fingerprint density at radius 1 is 1.50 bits per heavy atom. The Labute approximate surface area is 91.7 Å². The maximum Gasteiger partial charge on any atom is 0.137 e. The van der Waals surface area contributed by atoms with E-state index >= 15 is 0 Å². The van der Waals surface area contributed by atoms with E-state index in [0.29, 0.717) is 13.2 Å². The van der Waals surface area contributed by atoms with E-state index in [1.807, 2.05) is 6.07 Å². The Kier molecular flexibility index (Phi) is 2.00. The Hall–Kier alpha value is -1.75. The Morgan fingerprint density at radius 2 is 2.38 bits per heavy atom. The van der Waals surface area contributed by atoms with Gasteiger partial charge in [-0.05, 0) is 17.7 Å². The summed E-state index contributed by atoms with van der Waals surface area (Å²) in [6.07, 6.45) is 3.10. The van der Waals surface area contributed by atoms with Crippen molar-refractivity contribution in [2.24, 2.45) is 0 Å². The van der Waals surface area contributed by atoms with Crippen LogP contribution in [0.25, 0.3) is 0 Å². The predicted octanol–water partition coefficient (Wildman–Crippen LogP) is 1.34. The number of ether oxygens (including phenoxy) is 1. The summed E-state index contributed by atoms with van der Waals surface area (Å²) in [6.45, 7) is 1.16. The molecule has 0 amide bonds. The van der Waals surface area contributed by atoms with Crippen LogP contribution in [0.3, 0.4) is 0 Å². The molecule has 5 heteroatoms. The summed E-state index contributed by atoms with van der Waals surface area (Å²) >= 11 is 0. The van der Waals surface area contributed by atoms with Gasteiger partial charge in [0.1, 0.15) is 24.1 Å². The highest BCUT2D eigenvalue weighted by molar-refractivity contribution is 5.27. The summed E-state index contributed by atoms with van der Waals surface area (Å²) < 4.78 is 20.3. The van der Waals surface area contributed by atoms with Crippen molar-refractivity contribution in [1.82, 2.24) is 14.8 Å². The number of rotatable bonds is 3. The minimum atomic E-state index is -0.421. The van der Waals surface area contributed by atoms with E-state index in [0.717, 1.165) is 5.56 Å². The van der Waals surface area contributed by atoms with Gasteiger partial charge in [0, 0.05) is 0 Å². The second-order valence-electron chi connectivity index (χ2n) is 3.89. The monoisotopic (exact) mass is 219 g/mol. The van der Waals surface area contributed by atoms with Crippen LogP contribution in [0.5, 0.6) is 0 Å². The van der Waals surface area contributed by atoms with Crippen LogP contribution in [0.1, 0.15) is 5.56 Å². The predicted molar refractivity (Wildman–Crippen MR) is 54.1 cm³/mol. The number of hydrogen-bond acceptors (Lipinski definition) is 3. The van der Waals surface area contributed by atoms with Crippen LogP contribution in [0.2, 0.25) is 0 Å². The van der Waals surface area contributed by atoms with Gasteiger partial charge in [-0.2, -0.15) is 5.10 Å². The summed E-state index contributed by atoms with van der Waals surface area (Å²) in [5.74, 6) is -0.244. The van der Waals surface area contributed by atoms with Crippen LogP contribution in [-0.2, 0) is 16.9 Å². The Balaban J connectivity index is 1.88. The first-order chi connectivity index (χ1) is 7.78. The first-order valence-corrected chi connectivity index (χ1v) is 5.01. The highest BCUT2D eigenvalue weighted by Crippen LogP contribution is 2.40. The fourth-order valence-electron chi connectivity index (χ4n) is 1.78. The standard InChI is InChI=1S/C11H10FN3O/c12-10-3-1-2-9(4-10)11(6-16-11)5-15-8-13-7-14-15/h1-4,7-8H,5-6H2. The molecular formula is C11H10FN3O. The minimum absolute atomic E-state index is 0.244. The average Bonchev–Trinajstić information content (AvgIpc) is 2.87. The van der Waals surface area contributed by atoms with Crippen molar-refractivity contribution in [3.8, 4) is 0 Å². The normalized spacial score (nSPS) is 23.3. The molecule has 4 nitrogen and oxygen atoms in total. The first-order valence-electron chi connectivity index (χ1n) is 5.01. The molecule has 1 saturated heterocycles. The average molecular weight is 219 g/mol. The molecule has 1 aliphatic heterocycles. The van der Waals surface area contributed by atoms with Crippen molar-refractivity contribution in [2.45, 2.75) is 12.1 Å². The van der Waals surface area contributed by atoms with Gasteiger partial charge >= 0.3 is 0 Å². The quantitative estimate of drug-likeness (QED) is 0.732. The third kappa shape index (κ3) is 1.59. The van der Waals surface area contributed by atoms with Crippen LogP contribution in [0, 0.1) is 5.82 Å². The van der Waals surface area contributed by atoms with E-state index in [-0.39, 0.29) is 5.82 Å². The number of benzene rings is 1. The van der Waals surface area contributed by atoms with Gasteiger partial charge in [-0.25, -0.2) is 14.1 Å². The molecule has 0 aliphatic carbocycles. The van der Waals surface area contributed by atoms with Crippen molar-refractivity contribution in [1.29, 1.82) is 0 Å². The molecule has 1 aromatic carbocycles. The van der Waals surface area contributed by atoms with Gasteiger partial charge < -0.3 is 4.74 Å². The molecule has 16 heavy (non-hydrogen) atoms. The molecule has 82 valence electrons. The Morgan fingerprint density at radius 3 is 3.00 bits per heavy atom. The van der Waals surface area contributed by atoms with Gasteiger partial charge in [0.15, 0.2) is 0 Å². The van der Waals surface area contributed by atoms with Crippen molar-refractivity contribution < 1.29 is 9.13 Å². The third-order valence-electron chi connectivity index (χ3n) is 2.73. The topological polar surface area (TPSA) is 43.2 Å². The van der Waals surface area contributed by atoms with Gasteiger partial charge in [0.25, 0.3) is 0 Å². The summed E-state index contributed by atoms with van der Waals surface area (Å²) in [7, 11) is 0. The van der Waals surface area contributed by atoms with Gasteiger partial charge in [0.2, 0.25) is 0 Å². The van der Waals surface area contributed by atoms with E-state index in [1.54, 1.807) is 17.1 Å². The molecule has 2 heterocycles. The van der Waals surface area contributed by atoms with E-state index < -0.39 is 5.60 Å². The maximum absolute atomic E-state index is 13.1. The first kappa shape index (κ1) is 9.47. The van der Waals surface area contributed by atoms with E-state index in [9.17, 15) is 4.39 Å². The van der Waals surface area contributed by atoms with E-state index in [1.165, 1.54) is 18.5 Å². The third-order valence-corrected chi connectivity index (χ3v) is 2.73. The zero-order chi connectivity index (χ0) is 11.0. The molecule has 1 fully saturated rings. The zero-order valence-electron chi connectivity index (χ0n) is 8.51. The van der Waals surface area contributed by atoms with Gasteiger partial charge in [0.05, 0.1) is 13.2 Å². The van der Waals surface area contributed by atoms with Gasteiger partial charge in [-0.1, -0.05) is 12.1 Å². The lowest BCUT2D eigenvalue weighted by Crippen LogP contribution is -2.18. The van der Waals surface area contributed by atoms with Gasteiger partial charge in [-0.3, -0.25) is 0 Å². The molecule has 0 spiro atoms. The van der Waals surface area contributed by atoms with Gasteiger partial charge in [-0.15, -0.1) is 0 Å². The molecular weight excluding hydrogens is 209 g/mol. The van der Waals surface area contributed by atoms with E-state index in [2.05, 4.69) is 10.1 Å². The molecule has 0 bridgehead atoms. The summed E-state index contributed by atoms with van der Waals surface area (Å²) in [5, 5.41) is 4.02. The van der Waals surface area contributed by atoms with Crippen molar-refractivity contribution in [3.05, 3.63) is 48.3 Å². The lowest BCUT2D eigenvalue weighted by atomic mass is 10.00. The fraction of sp³-hybridized carbons (Fsp3) is 0.273. The largest absolute Gasteiger partial charge is 0.362 e. The van der Waals surface area contributed by atoms with Crippen LogP contribution in [0.15, 0.2) is 36.9 Å². The van der Waals surface area contributed by atoms with Crippen molar-refractivity contribution in [2.75, 3.05) is 6.61 Å². The van der Waals surface area contributed by atoms with Crippen LogP contribution in [-0.4, -0.2) is 21.4 Å². The zero-order valence-corrected chi connectivity index (χ0v) is 8.51.